The zero-order valence-electron chi connectivity index (χ0n) is 18.6. The summed E-state index contributed by atoms with van der Waals surface area (Å²) in [6, 6.07) is 8.59. The Morgan fingerprint density at radius 3 is 2.41 bits per heavy atom. The second kappa shape index (κ2) is 9.56. The summed E-state index contributed by atoms with van der Waals surface area (Å²) in [5.74, 6) is -0.297. The number of hydrogen-bond donors (Lipinski definition) is 1. The third-order valence-electron chi connectivity index (χ3n) is 5.99. The van der Waals surface area contributed by atoms with Crippen LogP contribution in [0.5, 0.6) is 0 Å². The number of pyridine rings is 1. The van der Waals surface area contributed by atoms with E-state index in [9.17, 15) is 13.2 Å². The van der Waals surface area contributed by atoms with E-state index < -0.39 is 10.0 Å². The van der Waals surface area contributed by atoms with Gasteiger partial charge in [0.1, 0.15) is 0 Å². The highest BCUT2D eigenvalue weighted by Crippen LogP contribution is 2.32. The van der Waals surface area contributed by atoms with Crippen LogP contribution in [0.3, 0.4) is 0 Å². The van der Waals surface area contributed by atoms with E-state index in [1.54, 1.807) is 31.2 Å². The molecule has 3 heterocycles. The molecule has 0 aliphatic carbocycles. The molecule has 0 spiro atoms. The molecule has 2 aliphatic rings. The molecular weight excluding hydrogens is 428 g/mol. The van der Waals surface area contributed by atoms with Crippen molar-refractivity contribution in [1.29, 1.82) is 0 Å². The molecule has 32 heavy (non-hydrogen) atoms. The van der Waals surface area contributed by atoms with Crippen LogP contribution in [0.2, 0.25) is 0 Å². The average Bonchev–Trinajstić information content (AvgIpc) is 2.80. The molecule has 4 rings (SSSR count). The highest BCUT2D eigenvalue weighted by atomic mass is 32.2. The monoisotopic (exact) mass is 458 g/mol. The number of hydrogen-bond acceptors (Lipinski definition) is 6. The first-order valence-electron chi connectivity index (χ1n) is 11.1. The third kappa shape index (κ3) is 4.79. The lowest BCUT2D eigenvalue weighted by Gasteiger charge is -2.31. The normalized spacial score (nSPS) is 17.9. The zero-order chi connectivity index (χ0) is 22.7. The number of piperidine rings is 1. The first kappa shape index (κ1) is 22.7. The predicted octanol–water partition coefficient (Wildman–Crippen LogP) is 2.96. The molecule has 0 bridgehead atoms. The van der Waals surface area contributed by atoms with Crippen LogP contribution >= 0.6 is 0 Å². The number of carbonyl (C=O) groups is 1. The Kier molecular flexibility index (Phi) is 6.78. The van der Waals surface area contributed by atoms with Gasteiger partial charge in [0.05, 0.1) is 40.7 Å². The molecule has 1 aromatic heterocycles. The molecule has 2 aliphatic heterocycles. The molecule has 0 unspecified atom stereocenters. The molecule has 2 aromatic rings. The Morgan fingerprint density at radius 1 is 1.00 bits per heavy atom. The average molecular weight is 459 g/mol. The van der Waals surface area contributed by atoms with Crippen LogP contribution in [-0.2, 0) is 14.8 Å². The number of benzene rings is 1. The van der Waals surface area contributed by atoms with E-state index >= 15 is 0 Å². The number of carbonyl (C=O) groups excluding carboxylic acids is 1. The Morgan fingerprint density at radius 2 is 1.72 bits per heavy atom. The van der Waals surface area contributed by atoms with Crippen molar-refractivity contribution in [3.05, 3.63) is 47.3 Å². The van der Waals surface area contributed by atoms with Gasteiger partial charge in [0, 0.05) is 31.9 Å². The van der Waals surface area contributed by atoms with Crippen molar-refractivity contribution in [2.75, 3.05) is 49.6 Å². The molecule has 172 valence electrons. The lowest BCUT2D eigenvalue weighted by Crippen LogP contribution is -2.40. The third-order valence-corrected chi connectivity index (χ3v) is 7.89. The lowest BCUT2D eigenvalue weighted by molar-refractivity contribution is 0.0730. The minimum absolute atomic E-state index is 0.175. The van der Waals surface area contributed by atoms with E-state index in [0.29, 0.717) is 43.2 Å². The van der Waals surface area contributed by atoms with E-state index in [4.69, 9.17) is 4.74 Å². The van der Waals surface area contributed by atoms with Crippen molar-refractivity contribution in [2.24, 2.45) is 0 Å². The number of nitrogens with zero attached hydrogens (tertiary/aromatic N) is 3. The summed E-state index contributed by atoms with van der Waals surface area (Å²) in [5, 5.41) is 2.97. The first-order chi connectivity index (χ1) is 15.4. The second-order valence-electron chi connectivity index (χ2n) is 8.28. The fourth-order valence-electron chi connectivity index (χ4n) is 4.24. The molecule has 1 N–H and O–H groups in total. The van der Waals surface area contributed by atoms with E-state index in [1.807, 2.05) is 13.0 Å². The van der Waals surface area contributed by atoms with Gasteiger partial charge in [0.25, 0.3) is 5.91 Å². The van der Waals surface area contributed by atoms with Crippen LogP contribution in [0.4, 0.5) is 11.4 Å². The van der Waals surface area contributed by atoms with Crippen LogP contribution in [0.1, 0.15) is 41.0 Å². The summed E-state index contributed by atoms with van der Waals surface area (Å²) >= 11 is 0. The van der Waals surface area contributed by atoms with Gasteiger partial charge in [-0.05, 0) is 63.4 Å². The number of ether oxygens (including phenoxy) is 1. The minimum Gasteiger partial charge on any atom is -0.379 e. The molecule has 9 heteroatoms. The zero-order valence-corrected chi connectivity index (χ0v) is 19.5. The van der Waals surface area contributed by atoms with Gasteiger partial charge in [-0.25, -0.2) is 8.42 Å². The Balaban J connectivity index is 1.69. The minimum atomic E-state index is -3.68. The summed E-state index contributed by atoms with van der Waals surface area (Å²) in [5.41, 5.74) is 3.30. The molecule has 0 atom stereocenters. The highest BCUT2D eigenvalue weighted by molar-refractivity contribution is 7.89. The second-order valence-corrected chi connectivity index (χ2v) is 10.2. The molecule has 1 aromatic carbocycles. The van der Waals surface area contributed by atoms with Gasteiger partial charge in [-0.2, -0.15) is 4.31 Å². The quantitative estimate of drug-likeness (QED) is 0.741. The van der Waals surface area contributed by atoms with E-state index in [1.165, 1.54) is 10.7 Å². The summed E-state index contributed by atoms with van der Waals surface area (Å²) in [6.07, 6.45) is 3.32. The number of morpholine rings is 1. The van der Waals surface area contributed by atoms with Crippen LogP contribution in [0.15, 0.2) is 35.2 Å². The highest BCUT2D eigenvalue weighted by Gasteiger charge is 2.28. The summed E-state index contributed by atoms with van der Waals surface area (Å²) in [4.78, 5) is 19.9. The van der Waals surface area contributed by atoms with Gasteiger partial charge in [-0.3, -0.25) is 9.78 Å². The van der Waals surface area contributed by atoms with E-state index in [-0.39, 0.29) is 10.8 Å². The standard InChI is InChI=1S/C23H30N4O4S/c1-17-6-8-20(18(2)24-17)23(28)25-21-16-19(32(29,30)27-12-14-31-15-13-27)7-9-22(21)26-10-4-3-5-11-26/h6-9,16H,3-5,10-15H2,1-2H3,(H,25,28). The maximum Gasteiger partial charge on any atom is 0.257 e. The van der Waals surface area contributed by atoms with Crippen molar-refractivity contribution >= 4 is 27.3 Å². The van der Waals surface area contributed by atoms with Gasteiger partial charge in [0.15, 0.2) is 0 Å². The van der Waals surface area contributed by atoms with E-state index in [0.717, 1.165) is 37.3 Å². The molecule has 0 radical (unpaired) electrons. The van der Waals surface area contributed by atoms with Crippen molar-refractivity contribution in [2.45, 2.75) is 38.0 Å². The van der Waals surface area contributed by atoms with Crippen molar-refractivity contribution < 1.29 is 17.9 Å². The van der Waals surface area contributed by atoms with Gasteiger partial charge >= 0.3 is 0 Å². The fraction of sp³-hybridized carbons (Fsp3) is 0.478. The van der Waals surface area contributed by atoms with Crippen molar-refractivity contribution in [1.82, 2.24) is 9.29 Å². The van der Waals surface area contributed by atoms with Crippen LogP contribution in [0, 0.1) is 13.8 Å². The van der Waals surface area contributed by atoms with Gasteiger partial charge in [0.2, 0.25) is 10.0 Å². The summed E-state index contributed by atoms with van der Waals surface area (Å²) < 4.78 is 33.2. The number of aromatic nitrogens is 1. The number of amides is 1. The molecule has 1 amide bonds. The SMILES string of the molecule is Cc1ccc(C(=O)Nc2cc(S(=O)(=O)N3CCOCC3)ccc2N2CCCCC2)c(C)n1. The number of rotatable bonds is 5. The fourth-order valence-corrected chi connectivity index (χ4v) is 5.67. The molecule has 2 fully saturated rings. The number of aryl methyl sites for hydroxylation is 2. The van der Waals surface area contributed by atoms with Crippen LogP contribution in [-0.4, -0.2) is 63.0 Å². The first-order valence-corrected chi connectivity index (χ1v) is 12.5. The number of nitrogens with one attached hydrogen (secondary N) is 1. The van der Waals surface area contributed by atoms with Gasteiger partial charge in [-0.1, -0.05) is 0 Å². The van der Waals surface area contributed by atoms with Crippen molar-refractivity contribution in [3.63, 3.8) is 0 Å². The van der Waals surface area contributed by atoms with Crippen LogP contribution < -0.4 is 10.2 Å². The Labute approximate surface area is 189 Å². The number of anilines is 2. The molecular formula is C23H30N4O4S. The smallest absolute Gasteiger partial charge is 0.257 e. The molecule has 8 nitrogen and oxygen atoms in total. The summed E-state index contributed by atoms with van der Waals surface area (Å²) in [7, 11) is -3.68. The number of sulfonamides is 1. The lowest BCUT2D eigenvalue weighted by atomic mass is 10.1. The van der Waals surface area contributed by atoms with Crippen LogP contribution in [0.25, 0.3) is 0 Å². The van der Waals surface area contributed by atoms with Gasteiger partial charge < -0.3 is 15.0 Å². The Hall–Kier alpha value is -2.49. The topological polar surface area (TPSA) is 91.8 Å². The maximum absolute atomic E-state index is 13.2. The van der Waals surface area contributed by atoms with E-state index in [2.05, 4.69) is 15.2 Å². The maximum atomic E-state index is 13.2. The van der Waals surface area contributed by atoms with Crippen molar-refractivity contribution in [3.8, 4) is 0 Å². The molecule has 0 saturated carbocycles. The Bertz CT molecular complexity index is 1090. The summed E-state index contributed by atoms with van der Waals surface area (Å²) in [6.45, 7) is 6.85. The predicted molar refractivity (Wildman–Crippen MR) is 124 cm³/mol. The van der Waals surface area contributed by atoms with Gasteiger partial charge in [-0.15, -0.1) is 0 Å². The molecule has 2 saturated heterocycles. The largest absolute Gasteiger partial charge is 0.379 e.